The summed E-state index contributed by atoms with van der Waals surface area (Å²) in [5.41, 5.74) is 2.44. The van der Waals surface area contributed by atoms with E-state index in [9.17, 15) is 8.42 Å². The van der Waals surface area contributed by atoms with Crippen LogP contribution >= 0.6 is 0 Å². The Morgan fingerprint density at radius 3 is 2.37 bits per heavy atom. The maximum absolute atomic E-state index is 12.3. The molecule has 134 valence electrons. The number of aromatic nitrogens is 2. The second-order valence-corrected chi connectivity index (χ2v) is 7.54. The summed E-state index contributed by atoms with van der Waals surface area (Å²) in [6, 6.07) is 21.3. The van der Waals surface area contributed by atoms with Gasteiger partial charge in [-0.15, -0.1) is 0 Å². The van der Waals surface area contributed by atoms with Crippen LogP contribution in [-0.4, -0.2) is 18.4 Å². The van der Waals surface area contributed by atoms with Crippen LogP contribution in [0.3, 0.4) is 0 Å². The predicted molar refractivity (Wildman–Crippen MR) is 107 cm³/mol. The normalized spacial score (nSPS) is 11.3. The molecule has 0 saturated heterocycles. The quantitative estimate of drug-likeness (QED) is 0.546. The molecule has 0 saturated carbocycles. The molecule has 0 fully saturated rings. The Morgan fingerprint density at radius 2 is 1.59 bits per heavy atom. The standard InChI is InChI=1S/C20H16N4O2S/c25-27(26,17-8-2-1-3-9-17)24-19-12-11-16(14-22-19)23-18-10-4-6-15-7-5-13-21-20(15)18/h1-14,23H,(H,22,24). The lowest BCUT2D eigenvalue weighted by Crippen LogP contribution is -2.13. The Hall–Kier alpha value is -3.45. The van der Waals surface area contributed by atoms with Crippen LogP contribution in [0.5, 0.6) is 0 Å². The Morgan fingerprint density at radius 1 is 0.778 bits per heavy atom. The highest BCUT2D eigenvalue weighted by atomic mass is 32.2. The van der Waals surface area contributed by atoms with E-state index in [0.717, 1.165) is 22.3 Å². The molecule has 0 bridgehead atoms. The number of hydrogen-bond donors (Lipinski definition) is 2. The van der Waals surface area contributed by atoms with Gasteiger partial charge in [-0.25, -0.2) is 13.4 Å². The molecule has 0 atom stereocenters. The highest BCUT2D eigenvalue weighted by Crippen LogP contribution is 2.25. The fraction of sp³-hybridized carbons (Fsp3) is 0. The first-order valence-corrected chi connectivity index (χ1v) is 9.75. The van der Waals surface area contributed by atoms with Crippen molar-refractivity contribution < 1.29 is 8.42 Å². The zero-order valence-electron chi connectivity index (χ0n) is 14.2. The van der Waals surface area contributed by atoms with Crippen LogP contribution in [-0.2, 0) is 10.0 Å². The first-order valence-electron chi connectivity index (χ1n) is 8.26. The van der Waals surface area contributed by atoms with Crippen molar-refractivity contribution >= 4 is 38.1 Å². The molecule has 4 aromatic rings. The molecule has 2 aromatic heterocycles. The maximum Gasteiger partial charge on any atom is 0.263 e. The van der Waals surface area contributed by atoms with Crippen LogP contribution in [0, 0.1) is 0 Å². The Balaban J connectivity index is 1.54. The Kier molecular flexibility index (Phi) is 4.43. The van der Waals surface area contributed by atoms with Crippen LogP contribution in [0.2, 0.25) is 0 Å². The molecule has 0 spiro atoms. The second kappa shape index (κ2) is 7.05. The molecule has 2 heterocycles. The number of para-hydroxylation sites is 1. The number of rotatable bonds is 5. The predicted octanol–water partition coefficient (Wildman–Crippen LogP) is 4.17. The molecule has 0 unspecified atom stereocenters. The molecule has 0 aliphatic carbocycles. The molecule has 27 heavy (non-hydrogen) atoms. The number of benzene rings is 2. The third kappa shape index (κ3) is 3.73. The van der Waals surface area contributed by atoms with Crippen molar-refractivity contribution in [3.05, 3.63) is 85.2 Å². The molecule has 4 rings (SSSR count). The van der Waals surface area contributed by atoms with E-state index in [2.05, 4.69) is 20.0 Å². The van der Waals surface area contributed by atoms with Gasteiger partial charge in [-0.05, 0) is 36.4 Å². The lowest BCUT2D eigenvalue weighted by atomic mass is 10.2. The van der Waals surface area contributed by atoms with Gasteiger partial charge in [0.1, 0.15) is 5.82 Å². The summed E-state index contributed by atoms with van der Waals surface area (Å²) < 4.78 is 27.2. The van der Waals surface area contributed by atoms with E-state index in [-0.39, 0.29) is 10.7 Å². The van der Waals surface area contributed by atoms with Gasteiger partial charge in [0.15, 0.2) is 0 Å². The van der Waals surface area contributed by atoms with Crippen molar-refractivity contribution in [2.45, 2.75) is 4.90 Å². The van der Waals surface area contributed by atoms with Crippen molar-refractivity contribution in [2.75, 3.05) is 10.0 Å². The Labute approximate surface area is 157 Å². The van der Waals surface area contributed by atoms with E-state index < -0.39 is 10.0 Å². The average Bonchev–Trinajstić information content (AvgIpc) is 2.70. The molecule has 0 amide bonds. The van der Waals surface area contributed by atoms with Gasteiger partial charge in [0.05, 0.1) is 28.0 Å². The zero-order chi connectivity index (χ0) is 18.7. The van der Waals surface area contributed by atoms with Crippen LogP contribution in [0.1, 0.15) is 0 Å². The Bertz CT molecular complexity index is 1170. The number of nitrogens with zero attached hydrogens (tertiary/aromatic N) is 2. The molecule has 0 aliphatic heterocycles. The third-order valence-corrected chi connectivity index (χ3v) is 5.34. The van der Waals surface area contributed by atoms with E-state index >= 15 is 0 Å². The van der Waals surface area contributed by atoms with Gasteiger partial charge in [0.25, 0.3) is 10.0 Å². The monoisotopic (exact) mass is 376 g/mol. The van der Waals surface area contributed by atoms with Crippen LogP contribution in [0.25, 0.3) is 10.9 Å². The molecule has 7 heteroatoms. The summed E-state index contributed by atoms with van der Waals surface area (Å²) in [6.07, 6.45) is 3.32. The fourth-order valence-corrected chi connectivity index (χ4v) is 3.71. The molecule has 0 radical (unpaired) electrons. The van der Waals surface area contributed by atoms with Crippen molar-refractivity contribution in [3.8, 4) is 0 Å². The first-order chi connectivity index (χ1) is 13.1. The fourth-order valence-electron chi connectivity index (χ4n) is 2.69. The number of hydrogen-bond acceptors (Lipinski definition) is 5. The minimum Gasteiger partial charge on any atom is -0.352 e. The van der Waals surface area contributed by atoms with Gasteiger partial charge in [0, 0.05) is 11.6 Å². The van der Waals surface area contributed by atoms with Crippen LogP contribution < -0.4 is 10.0 Å². The third-order valence-electron chi connectivity index (χ3n) is 3.97. The summed E-state index contributed by atoms with van der Waals surface area (Å²) in [5, 5.41) is 4.30. The van der Waals surface area contributed by atoms with E-state index in [4.69, 9.17) is 0 Å². The number of anilines is 3. The summed E-state index contributed by atoms with van der Waals surface area (Å²) in [5.74, 6) is 0.250. The summed E-state index contributed by atoms with van der Waals surface area (Å²) >= 11 is 0. The number of nitrogens with one attached hydrogen (secondary N) is 2. The maximum atomic E-state index is 12.3. The molecule has 6 nitrogen and oxygen atoms in total. The summed E-state index contributed by atoms with van der Waals surface area (Å²) in [4.78, 5) is 8.79. The molecular formula is C20H16N4O2S. The lowest BCUT2D eigenvalue weighted by Gasteiger charge is -2.10. The smallest absolute Gasteiger partial charge is 0.263 e. The summed E-state index contributed by atoms with van der Waals surface area (Å²) in [6.45, 7) is 0. The SMILES string of the molecule is O=S(=O)(Nc1ccc(Nc2cccc3cccnc23)cn1)c1ccccc1. The van der Waals surface area contributed by atoms with Crippen molar-refractivity contribution in [1.82, 2.24) is 9.97 Å². The largest absolute Gasteiger partial charge is 0.352 e. The van der Waals surface area contributed by atoms with Crippen molar-refractivity contribution in [3.63, 3.8) is 0 Å². The molecule has 2 N–H and O–H groups in total. The average molecular weight is 376 g/mol. The van der Waals surface area contributed by atoms with Gasteiger partial charge < -0.3 is 5.32 Å². The van der Waals surface area contributed by atoms with E-state index in [0.29, 0.717) is 0 Å². The molecule has 2 aromatic carbocycles. The lowest BCUT2D eigenvalue weighted by molar-refractivity contribution is 0.601. The first kappa shape index (κ1) is 17.0. The highest BCUT2D eigenvalue weighted by molar-refractivity contribution is 7.92. The van der Waals surface area contributed by atoms with Gasteiger partial charge in [0.2, 0.25) is 0 Å². The molecular weight excluding hydrogens is 360 g/mol. The van der Waals surface area contributed by atoms with Crippen LogP contribution in [0.4, 0.5) is 17.2 Å². The highest BCUT2D eigenvalue weighted by Gasteiger charge is 2.14. The van der Waals surface area contributed by atoms with Gasteiger partial charge in [-0.3, -0.25) is 9.71 Å². The van der Waals surface area contributed by atoms with E-state index in [1.807, 2.05) is 30.3 Å². The zero-order valence-corrected chi connectivity index (χ0v) is 15.0. The number of pyridine rings is 2. The van der Waals surface area contributed by atoms with Crippen molar-refractivity contribution in [2.24, 2.45) is 0 Å². The minimum atomic E-state index is -3.66. The second-order valence-electron chi connectivity index (χ2n) is 5.86. The van der Waals surface area contributed by atoms with Gasteiger partial charge >= 0.3 is 0 Å². The van der Waals surface area contributed by atoms with Gasteiger partial charge in [-0.2, -0.15) is 0 Å². The number of sulfonamides is 1. The van der Waals surface area contributed by atoms with Crippen molar-refractivity contribution in [1.29, 1.82) is 0 Å². The minimum absolute atomic E-state index is 0.191. The topological polar surface area (TPSA) is 84.0 Å². The van der Waals surface area contributed by atoms with Gasteiger partial charge in [-0.1, -0.05) is 36.4 Å². The van der Waals surface area contributed by atoms with E-state index in [1.165, 1.54) is 12.1 Å². The van der Waals surface area contributed by atoms with Crippen LogP contribution in [0.15, 0.2) is 90.1 Å². The number of fused-ring (bicyclic) bond motifs is 1. The molecule has 0 aliphatic rings. The van der Waals surface area contributed by atoms with E-state index in [1.54, 1.807) is 42.7 Å². The summed E-state index contributed by atoms with van der Waals surface area (Å²) in [7, 11) is -3.66.